The highest BCUT2D eigenvalue weighted by Crippen LogP contribution is 2.35. The lowest BCUT2D eigenvalue weighted by Gasteiger charge is -2.17. The maximum atomic E-state index is 11.1. The Bertz CT molecular complexity index is 436. The fourth-order valence-corrected chi connectivity index (χ4v) is 2.85. The summed E-state index contributed by atoms with van der Waals surface area (Å²) in [5.41, 5.74) is 1.02. The van der Waals surface area contributed by atoms with Crippen LogP contribution < -0.4 is 10.1 Å². The Labute approximate surface area is 108 Å². The second kappa shape index (κ2) is 5.06. The second-order valence-corrected chi connectivity index (χ2v) is 4.95. The zero-order valence-electron chi connectivity index (χ0n) is 9.44. The molecule has 0 unspecified atom stereocenters. The molecule has 1 saturated heterocycles. The molecule has 4 nitrogen and oxygen atoms in total. The Morgan fingerprint density at radius 3 is 2.88 bits per heavy atom. The van der Waals surface area contributed by atoms with Crippen LogP contribution in [0.15, 0.2) is 22.7 Å². The van der Waals surface area contributed by atoms with Crippen molar-refractivity contribution in [3.63, 3.8) is 0 Å². The fourth-order valence-electron chi connectivity index (χ4n) is 2.20. The van der Waals surface area contributed by atoms with Crippen LogP contribution in [0.5, 0.6) is 5.75 Å². The van der Waals surface area contributed by atoms with Gasteiger partial charge in [0.2, 0.25) is 0 Å². The molecule has 0 spiro atoms. The molecule has 2 N–H and O–H groups in total. The average Bonchev–Trinajstić information content (AvgIpc) is 2.77. The summed E-state index contributed by atoms with van der Waals surface area (Å²) in [5.74, 6) is -0.339. The standard InChI is InChI=1S/C12H14BrNO3/c1-17-7-2-3-8(11(13)4-7)9-5-14-6-10(9)12(15)16/h2-4,9-10,14H,5-6H2,1H3,(H,15,16)/t9-,10+/m0/s1. The largest absolute Gasteiger partial charge is 0.497 e. The van der Waals surface area contributed by atoms with Crippen LogP contribution in [0.2, 0.25) is 0 Å². The van der Waals surface area contributed by atoms with E-state index in [1.807, 2.05) is 18.2 Å². The number of methoxy groups -OCH3 is 1. The molecule has 1 aliphatic rings. The molecular formula is C12H14BrNO3. The summed E-state index contributed by atoms with van der Waals surface area (Å²) < 4.78 is 6.02. The molecule has 0 radical (unpaired) electrons. The van der Waals surface area contributed by atoms with Crippen molar-refractivity contribution < 1.29 is 14.6 Å². The molecule has 0 amide bonds. The van der Waals surface area contributed by atoms with Gasteiger partial charge in [-0.3, -0.25) is 4.79 Å². The number of carboxylic acids is 1. The molecule has 5 heteroatoms. The van der Waals surface area contributed by atoms with Crippen LogP contribution in [0.3, 0.4) is 0 Å². The lowest BCUT2D eigenvalue weighted by atomic mass is 9.89. The molecule has 1 aromatic carbocycles. The molecule has 1 heterocycles. The summed E-state index contributed by atoms with van der Waals surface area (Å²) in [6.45, 7) is 1.22. The van der Waals surface area contributed by atoms with E-state index in [1.165, 1.54) is 0 Å². The van der Waals surface area contributed by atoms with Gasteiger partial charge in [0.1, 0.15) is 5.75 Å². The van der Waals surface area contributed by atoms with Gasteiger partial charge in [-0.05, 0) is 17.7 Å². The van der Waals surface area contributed by atoms with Gasteiger partial charge in [0.05, 0.1) is 13.0 Å². The molecule has 17 heavy (non-hydrogen) atoms. The molecule has 1 aliphatic heterocycles. The van der Waals surface area contributed by atoms with Crippen molar-refractivity contribution in [2.45, 2.75) is 5.92 Å². The molecule has 0 aromatic heterocycles. The SMILES string of the molecule is COc1ccc([C@@H]2CNC[C@H]2C(=O)O)c(Br)c1. The number of nitrogens with one attached hydrogen (secondary N) is 1. The van der Waals surface area contributed by atoms with E-state index in [9.17, 15) is 4.79 Å². The Balaban J connectivity index is 2.30. The Morgan fingerprint density at radius 2 is 2.29 bits per heavy atom. The third-order valence-electron chi connectivity index (χ3n) is 3.14. The van der Waals surface area contributed by atoms with Gasteiger partial charge in [0.15, 0.2) is 0 Å². The smallest absolute Gasteiger partial charge is 0.308 e. The van der Waals surface area contributed by atoms with Crippen LogP contribution in [-0.4, -0.2) is 31.3 Å². The zero-order valence-corrected chi connectivity index (χ0v) is 11.0. The van der Waals surface area contributed by atoms with Crippen molar-refractivity contribution >= 4 is 21.9 Å². The van der Waals surface area contributed by atoms with Gasteiger partial charge in [-0.2, -0.15) is 0 Å². The molecule has 0 saturated carbocycles. The van der Waals surface area contributed by atoms with Crippen molar-refractivity contribution in [3.05, 3.63) is 28.2 Å². The van der Waals surface area contributed by atoms with E-state index in [2.05, 4.69) is 21.2 Å². The Hall–Kier alpha value is -1.07. The molecule has 2 rings (SSSR count). The summed E-state index contributed by atoms with van der Waals surface area (Å²) >= 11 is 3.47. The van der Waals surface area contributed by atoms with Crippen LogP contribution in [0.4, 0.5) is 0 Å². The summed E-state index contributed by atoms with van der Waals surface area (Å²) in [6, 6.07) is 5.65. The highest BCUT2D eigenvalue weighted by Gasteiger charge is 2.34. The lowest BCUT2D eigenvalue weighted by molar-refractivity contribution is -0.141. The van der Waals surface area contributed by atoms with E-state index in [4.69, 9.17) is 9.84 Å². The number of hydrogen-bond acceptors (Lipinski definition) is 3. The molecule has 0 bridgehead atoms. The number of aliphatic carboxylic acids is 1. The number of carboxylic acid groups (broad SMARTS) is 1. The predicted octanol–water partition coefficient (Wildman–Crippen LogP) is 1.85. The summed E-state index contributed by atoms with van der Waals surface area (Å²) in [7, 11) is 1.61. The third-order valence-corrected chi connectivity index (χ3v) is 3.83. The third kappa shape index (κ3) is 2.45. The van der Waals surface area contributed by atoms with Crippen molar-refractivity contribution in [1.82, 2.24) is 5.32 Å². The van der Waals surface area contributed by atoms with Crippen molar-refractivity contribution in [3.8, 4) is 5.75 Å². The quantitative estimate of drug-likeness (QED) is 0.894. The molecular weight excluding hydrogens is 286 g/mol. The van der Waals surface area contributed by atoms with Gasteiger partial charge >= 0.3 is 5.97 Å². The van der Waals surface area contributed by atoms with Crippen molar-refractivity contribution in [2.24, 2.45) is 5.92 Å². The number of carbonyl (C=O) groups is 1. The highest BCUT2D eigenvalue weighted by molar-refractivity contribution is 9.10. The molecule has 0 aliphatic carbocycles. The minimum atomic E-state index is -0.747. The maximum absolute atomic E-state index is 11.1. The van der Waals surface area contributed by atoms with Crippen LogP contribution >= 0.6 is 15.9 Å². The van der Waals surface area contributed by atoms with Crippen molar-refractivity contribution in [2.75, 3.05) is 20.2 Å². The predicted molar refractivity (Wildman–Crippen MR) is 67.4 cm³/mol. The number of rotatable bonds is 3. The number of benzene rings is 1. The van der Waals surface area contributed by atoms with E-state index in [1.54, 1.807) is 7.11 Å². The highest BCUT2D eigenvalue weighted by atomic mass is 79.9. The van der Waals surface area contributed by atoms with Gasteiger partial charge in [-0.25, -0.2) is 0 Å². The lowest BCUT2D eigenvalue weighted by Crippen LogP contribution is -2.21. The summed E-state index contributed by atoms with van der Waals surface area (Å²) in [6.07, 6.45) is 0. The number of hydrogen-bond donors (Lipinski definition) is 2. The zero-order chi connectivity index (χ0) is 12.4. The van der Waals surface area contributed by atoms with E-state index in [0.717, 1.165) is 15.8 Å². The van der Waals surface area contributed by atoms with Gasteiger partial charge in [-0.1, -0.05) is 22.0 Å². The number of ether oxygens (including phenoxy) is 1. The maximum Gasteiger partial charge on any atom is 0.308 e. The van der Waals surface area contributed by atoms with Crippen LogP contribution in [0.1, 0.15) is 11.5 Å². The molecule has 2 atom stereocenters. The van der Waals surface area contributed by atoms with Crippen LogP contribution in [0, 0.1) is 5.92 Å². The minimum absolute atomic E-state index is 0.00720. The first-order valence-electron chi connectivity index (χ1n) is 5.40. The monoisotopic (exact) mass is 299 g/mol. The molecule has 92 valence electrons. The Kier molecular flexibility index (Phi) is 3.69. The van der Waals surface area contributed by atoms with Gasteiger partial charge in [-0.15, -0.1) is 0 Å². The normalized spacial score (nSPS) is 23.6. The van der Waals surface area contributed by atoms with Gasteiger partial charge < -0.3 is 15.2 Å². The molecule has 1 fully saturated rings. The van der Waals surface area contributed by atoms with E-state index in [-0.39, 0.29) is 11.8 Å². The second-order valence-electron chi connectivity index (χ2n) is 4.10. The average molecular weight is 300 g/mol. The van der Waals surface area contributed by atoms with Crippen LogP contribution in [0.25, 0.3) is 0 Å². The van der Waals surface area contributed by atoms with E-state index in [0.29, 0.717) is 13.1 Å². The first kappa shape index (κ1) is 12.4. The number of halogens is 1. The first-order valence-corrected chi connectivity index (χ1v) is 6.19. The van der Waals surface area contributed by atoms with Gasteiger partial charge in [0.25, 0.3) is 0 Å². The molecule has 1 aromatic rings. The van der Waals surface area contributed by atoms with E-state index >= 15 is 0 Å². The fraction of sp³-hybridized carbons (Fsp3) is 0.417. The first-order chi connectivity index (χ1) is 8.13. The van der Waals surface area contributed by atoms with Gasteiger partial charge in [0, 0.05) is 23.5 Å². The minimum Gasteiger partial charge on any atom is -0.497 e. The van der Waals surface area contributed by atoms with E-state index < -0.39 is 5.97 Å². The van der Waals surface area contributed by atoms with Crippen molar-refractivity contribution in [1.29, 1.82) is 0 Å². The summed E-state index contributed by atoms with van der Waals surface area (Å²) in [5, 5.41) is 12.3. The summed E-state index contributed by atoms with van der Waals surface area (Å²) in [4.78, 5) is 11.1. The topological polar surface area (TPSA) is 58.6 Å². The van der Waals surface area contributed by atoms with Crippen LogP contribution in [-0.2, 0) is 4.79 Å². The Morgan fingerprint density at radius 1 is 1.53 bits per heavy atom.